The molecule has 1 aromatic rings. The van der Waals surface area contributed by atoms with Crippen LogP contribution in [0.3, 0.4) is 0 Å². The van der Waals surface area contributed by atoms with Gasteiger partial charge in [0, 0.05) is 19.1 Å². The summed E-state index contributed by atoms with van der Waals surface area (Å²) in [7, 11) is 1.44. The van der Waals surface area contributed by atoms with Gasteiger partial charge in [0.2, 0.25) is 0 Å². The molecule has 1 aliphatic rings. The highest BCUT2D eigenvalue weighted by molar-refractivity contribution is 5.72. The summed E-state index contributed by atoms with van der Waals surface area (Å²) in [6.45, 7) is 3.57. The Bertz CT molecular complexity index is 440. The van der Waals surface area contributed by atoms with Crippen molar-refractivity contribution in [2.75, 3.05) is 13.7 Å². The fourth-order valence-corrected chi connectivity index (χ4v) is 2.39. The number of rotatable bonds is 7. The molecular weight excluding hydrogens is 254 g/mol. The van der Waals surface area contributed by atoms with Crippen LogP contribution in [0.25, 0.3) is 0 Å². The first kappa shape index (κ1) is 15.0. The van der Waals surface area contributed by atoms with Crippen molar-refractivity contribution in [3.8, 4) is 0 Å². The Morgan fingerprint density at radius 2 is 1.95 bits per heavy atom. The molecule has 0 amide bonds. The van der Waals surface area contributed by atoms with E-state index < -0.39 is 0 Å². The van der Waals surface area contributed by atoms with Crippen LogP contribution in [0, 0.1) is 5.92 Å². The van der Waals surface area contributed by atoms with Gasteiger partial charge in [-0.3, -0.25) is 9.69 Å². The van der Waals surface area contributed by atoms with Gasteiger partial charge in [0.25, 0.3) is 0 Å². The molecule has 0 aromatic heterocycles. The minimum atomic E-state index is -0.147. The lowest BCUT2D eigenvalue weighted by Crippen LogP contribution is -2.33. The summed E-state index contributed by atoms with van der Waals surface area (Å²) in [5, 5.41) is 9.05. The van der Waals surface area contributed by atoms with Crippen molar-refractivity contribution < 1.29 is 14.6 Å². The van der Waals surface area contributed by atoms with Crippen molar-refractivity contribution in [3.05, 3.63) is 35.4 Å². The zero-order chi connectivity index (χ0) is 14.5. The van der Waals surface area contributed by atoms with Gasteiger partial charge < -0.3 is 9.84 Å². The zero-order valence-electron chi connectivity index (χ0n) is 12.2. The highest BCUT2D eigenvalue weighted by Crippen LogP contribution is 2.29. The lowest BCUT2D eigenvalue weighted by Gasteiger charge is -2.24. The predicted molar refractivity (Wildman–Crippen MR) is 77.0 cm³/mol. The number of ether oxygens (including phenoxy) is 1. The molecule has 2 rings (SSSR count). The summed E-state index contributed by atoms with van der Waals surface area (Å²) < 4.78 is 4.80. The smallest absolute Gasteiger partial charge is 0.309 e. The Kier molecular flexibility index (Phi) is 5.15. The Balaban J connectivity index is 1.96. The van der Waals surface area contributed by atoms with Crippen molar-refractivity contribution in [2.45, 2.75) is 39.0 Å². The zero-order valence-corrected chi connectivity index (χ0v) is 12.2. The maximum absolute atomic E-state index is 11.5. The summed E-state index contributed by atoms with van der Waals surface area (Å²) in [6.07, 6.45) is 2.42. The number of nitrogens with zero attached hydrogens (tertiary/aromatic N) is 1. The van der Waals surface area contributed by atoms with Gasteiger partial charge in [0.05, 0.1) is 19.6 Å². The molecule has 1 fully saturated rings. The van der Waals surface area contributed by atoms with Gasteiger partial charge in [-0.05, 0) is 24.0 Å². The lowest BCUT2D eigenvalue weighted by atomic mass is 10.1. The normalized spacial score (nSPS) is 16.2. The Labute approximate surface area is 120 Å². The number of hydrogen-bond donors (Lipinski definition) is 1. The molecule has 0 spiro atoms. The Morgan fingerprint density at radius 3 is 2.45 bits per heavy atom. The molecule has 0 aliphatic heterocycles. The molecule has 0 saturated heterocycles. The van der Waals surface area contributed by atoms with E-state index in [1.54, 1.807) is 0 Å². The highest BCUT2D eigenvalue weighted by Gasteiger charge is 2.31. The molecule has 1 unspecified atom stereocenters. The van der Waals surface area contributed by atoms with Crippen LogP contribution in [0.5, 0.6) is 0 Å². The van der Waals surface area contributed by atoms with E-state index in [9.17, 15) is 4.79 Å². The molecular formula is C16H23NO3. The van der Waals surface area contributed by atoms with Crippen LogP contribution in [0.15, 0.2) is 24.3 Å². The fourth-order valence-electron chi connectivity index (χ4n) is 2.39. The standard InChI is InChI=1S/C16H23NO3/c1-12(16(19)20-2)9-17(15-7-8-15)10-13-3-5-14(11-18)6-4-13/h3-6,12,15,18H,7-11H2,1-2H3. The average Bonchev–Trinajstić information content (AvgIpc) is 3.31. The molecule has 1 atom stereocenters. The number of esters is 1. The number of benzene rings is 1. The summed E-state index contributed by atoms with van der Waals surface area (Å²) in [6, 6.07) is 8.58. The van der Waals surface area contributed by atoms with Gasteiger partial charge in [0.15, 0.2) is 0 Å². The third kappa shape index (κ3) is 4.05. The third-order valence-corrected chi connectivity index (χ3v) is 3.77. The van der Waals surface area contributed by atoms with E-state index in [1.165, 1.54) is 25.5 Å². The topological polar surface area (TPSA) is 49.8 Å². The van der Waals surface area contributed by atoms with Crippen LogP contribution >= 0.6 is 0 Å². The van der Waals surface area contributed by atoms with Crippen molar-refractivity contribution in [3.63, 3.8) is 0 Å². The van der Waals surface area contributed by atoms with Gasteiger partial charge in [-0.25, -0.2) is 0 Å². The summed E-state index contributed by atoms with van der Waals surface area (Å²) >= 11 is 0. The van der Waals surface area contributed by atoms with Crippen LogP contribution in [-0.2, 0) is 22.7 Å². The van der Waals surface area contributed by atoms with Crippen LogP contribution in [0.4, 0.5) is 0 Å². The van der Waals surface area contributed by atoms with E-state index >= 15 is 0 Å². The Morgan fingerprint density at radius 1 is 1.35 bits per heavy atom. The molecule has 110 valence electrons. The molecule has 0 heterocycles. The number of aliphatic hydroxyl groups excluding tert-OH is 1. The molecule has 20 heavy (non-hydrogen) atoms. The van der Waals surface area contributed by atoms with E-state index in [1.807, 2.05) is 31.2 Å². The maximum Gasteiger partial charge on any atom is 0.309 e. The van der Waals surface area contributed by atoms with E-state index in [-0.39, 0.29) is 18.5 Å². The molecule has 0 radical (unpaired) electrons. The predicted octanol–water partition coefficient (Wildman–Crippen LogP) is 1.95. The second kappa shape index (κ2) is 6.86. The van der Waals surface area contributed by atoms with Gasteiger partial charge in [-0.2, -0.15) is 0 Å². The first-order chi connectivity index (χ1) is 9.63. The largest absolute Gasteiger partial charge is 0.469 e. The van der Waals surface area contributed by atoms with Crippen LogP contribution < -0.4 is 0 Å². The van der Waals surface area contributed by atoms with Crippen molar-refractivity contribution in [1.82, 2.24) is 4.90 Å². The molecule has 4 nitrogen and oxygen atoms in total. The van der Waals surface area contributed by atoms with Crippen LogP contribution in [-0.4, -0.2) is 35.7 Å². The number of hydrogen-bond acceptors (Lipinski definition) is 4. The molecule has 1 saturated carbocycles. The summed E-state index contributed by atoms with van der Waals surface area (Å²) in [5.41, 5.74) is 2.14. The maximum atomic E-state index is 11.5. The van der Waals surface area contributed by atoms with Gasteiger partial charge in [-0.15, -0.1) is 0 Å². The van der Waals surface area contributed by atoms with Gasteiger partial charge in [0.1, 0.15) is 0 Å². The van der Waals surface area contributed by atoms with Crippen molar-refractivity contribution >= 4 is 5.97 Å². The van der Waals surface area contributed by atoms with Crippen LogP contribution in [0.2, 0.25) is 0 Å². The second-order valence-electron chi connectivity index (χ2n) is 5.56. The third-order valence-electron chi connectivity index (χ3n) is 3.77. The van der Waals surface area contributed by atoms with E-state index in [4.69, 9.17) is 9.84 Å². The van der Waals surface area contributed by atoms with E-state index in [2.05, 4.69) is 4.90 Å². The minimum absolute atomic E-state index is 0.0754. The Hall–Kier alpha value is -1.39. The SMILES string of the molecule is COC(=O)C(C)CN(Cc1ccc(CO)cc1)C1CC1. The molecule has 4 heteroatoms. The van der Waals surface area contributed by atoms with Crippen molar-refractivity contribution in [1.29, 1.82) is 0 Å². The first-order valence-electron chi connectivity index (χ1n) is 7.14. The lowest BCUT2D eigenvalue weighted by molar-refractivity contribution is -0.145. The van der Waals surface area contributed by atoms with Gasteiger partial charge in [-0.1, -0.05) is 31.2 Å². The first-order valence-corrected chi connectivity index (χ1v) is 7.14. The fraction of sp³-hybridized carbons (Fsp3) is 0.562. The number of carbonyl (C=O) groups is 1. The summed E-state index contributed by atoms with van der Waals surface area (Å²) in [5.74, 6) is -0.247. The second-order valence-corrected chi connectivity index (χ2v) is 5.56. The van der Waals surface area contributed by atoms with Crippen molar-refractivity contribution in [2.24, 2.45) is 5.92 Å². The van der Waals surface area contributed by atoms with Crippen LogP contribution in [0.1, 0.15) is 30.9 Å². The average molecular weight is 277 g/mol. The minimum Gasteiger partial charge on any atom is -0.469 e. The summed E-state index contributed by atoms with van der Waals surface area (Å²) in [4.78, 5) is 13.9. The van der Waals surface area contributed by atoms with E-state index in [0.717, 1.165) is 18.7 Å². The number of carbonyl (C=O) groups excluding carboxylic acids is 1. The molecule has 0 bridgehead atoms. The monoisotopic (exact) mass is 277 g/mol. The highest BCUT2D eigenvalue weighted by atomic mass is 16.5. The number of methoxy groups -OCH3 is 1. The molecule has 1 aliphatic carbocycles. The quantitative estimate of drug-likeness (QED) is 0.774. The number of aliphatic hydroxyl groups is 1. The molecule has 1 aromatic carbocycles. The van der Waals surface area contributed by atoms with Gasteiger partial charge >= 0.3 is 5.97 Å². The molecule has 1 N–H and O–H groups in total. The van der Waals surface area contributed by atoms with E-state index in [0.29, 0.717) is 6.04 Å².